The number of rotatable bonds is 5. The quantitative estimate of drug-likeness (QED) is 0.492. The number of nitrogens with zero attached hydrogens (tertiary/aromatic N) is 1. The van der Waals surface area contributed by atoms with E-state index in [1.807, 2.05) is 13.8 Å². The fraction of sp³-hybridized carbons (Fsp3) is 0.381. The average molecular weight is 415 g/mol. The van der Waals surface area contributed by atoms with Crippen LogP contribution in [0, 0.1) is 13.8 Å². The lowest BCUT2D eigenvalue weighted by Gasteiger charge is -2.12. The van der Waals surface area contributed by atoms with Gasteiger partial charge in [0.15, 0.2) is 11.9 Å². The molecule has 1 atom stereocenters. The number of nitrogens with one attached hydrogen (secondary N) is 1. The third kappa shape index (κ3) is 3.73. The molecule has 3 aromatic rings. The van der Waals surface area contributed by atoms with Crippen molar-refractivity contribution >= 4 is 39.3 Å². The van der Waals surface area contributed by atoms with Crippen LogP contribution in [0.4, 0.5) is 0 Å². The zero-order chi connectivity index (χ0) is 19.8. The maximum Gasteiger partial charge on any atom is 0.316 e. The van der Waals surface area contributed by atoms with Gasteiger partial charge >= 0.3 is 5.97 Å². The number of aryl methyl sites for hydroxylation is 4. The number of thiophene rings is 1. The third-order valence-corrected chi connectivity index (χ3v) is 7.25. The summed E-state index contributed by atoms with van der Waals surface area (Å²) in [5, 5.41) is 0.622. The van der Waals surface area contributed by atoms with Gasteiger partial charge in [0.2, 0.25) is 0 Å². The zero-order valence-corrected chi connectivity index (χ0v) is 17.8. The summed E-state index contributed by atoms with van der Waals surface area (Å²) in [7, 11) is 0. The second kappa shape index (κ2) is 7.72. The molecular weight excluding hydrogens is 392 g/mol. The minimum atomic E-state index is -0.604. The average Bonchev–Trinajstić information content (AvgIpc) is 3.24. The third-order valence-electron chi connectivity index (χ3n) is 5.18. The number of ether oxygens (including phenoxy) is 1. The van der Waals surface area contributed by atoms with Crippen LogP contribution >= 0.6 is 23.1 Å². The summed E-state index contributed by atoms with van der Waals surface area (Å²) in [4.78, 5) is 34.8. The van der Waals surface area contributed by atoms with Gasteiger partial charge in [0.05, 0.1) is 11.1 Å². The number of thioether (sulfide) groups is 1. The van der Waals surface area contributed by atoms with Gasteiger partial charge in [-0.15, -0.1) is 23.1 Å². The molecule has 2 aromatic heterocycles. The van der Waals surface area contributed by atoms with Crippen molar-refractivity contribution in [1.29, 1.82) is 0 Å². The van der Waals surface area contributed by atoms with E-state index in [1.54, 1.807) is 6.92 Å². The number of carbonyl (C=O) groups is 1. The Kier molecular flexibility index (Phi) is 5.29. The highest BCUT2D eigenvalue weighted by atomic mass is 32.2. The van der Waals surface area contributed by atoms with Crippen LogP contribution < -0.4 is 5.56 Å². The summed E-state index contributed by atoms with van der Waals surface area (Å²) in [6.07, 6.45) is 2.88. The monoisotopic (exact) mass is 414 g/mol. The Bertz CT molecular complexity index is 1120. The molecule has 1 aliphatic rings. The summed E-state index contributed by atoms with van der Waals surface area (Å²) in [6.45, 7) is 5.63. The molecule has 0 aliphatic heterocycles. The highest BCUT2D eigenvalue weighted by Gasteiger charge is 2.18. The predicted octanol–water partition coefficient (Wildman–Crippen LogP) is 4.49. The first-order chi connectivity index (χ1) is 13.4. The van der Waals surface area contributed by atoms with E-state index in [0.29, 0.717) is 16.0 Å². The molecule has 0 amide bonds. The molecule has 0 saturated carbocycles. The predicted molar refractivity (Wildman–Crippen MR) is 113 cm³/mol. The molecule has 0 spiro atoms. The molecule has 0 fully saturated rings. The Morgan fingerprint density at radius 2 is 2.11 bits per heavy atom. The molecular formula is C21H22N2O3S2. The second-order valence-corrected chi connectivity index (χ2v) is 9.37. The number of H-pyrrole nitrogens is 1. The number of aromatic amines is 1. The van der Waals surface area contributed by atoms with E-state index >= 15 is 0 Å². The Hall–Kier alpha value is -2.12. The van der Waals surface area contributed by atoms with Gasteiger partial charge in [-0.1, -0.05) is 6.07 Å². The Morgan fingerprint density at radius 3 is 2.93 bits per heavy atom. The first-order valence-electron chi connectivity index (χ1n) is 9.36. The number of hydrogen-bond acceptors (Lipinski definition) is 6. The molecule has 0 radical (unpaired) electrons. The summed E-state index contributed by atoms with van der Waals surface area (Å²) in [5.41, 5.74) is 3.58. The molecule has 7 heteroatoms. The fourth-order valence-electron chi connectivity index (χ4n) is 3.53. The van der Waals surface area contributed by atoms with E-state index in [-0.39, 0.29) is 17.3 Å². The Balaban J connectivity index is 1.42. The van der Waals surface area contributed by atoms with Gasteiger partial charge in [-0.2, -0.15) is 0 Å². The van der Waals surface area contributed by atoms with Crippen LogP contribution in [0.1, 0.15) is 46.8 Å². The first kappa shape index (κ1) is 19.2. The van der Waals surface area contributed by atoms with Gasteiger partial charge in [0, 0.05) is 9.77 Å². The number of esters is 1. The highest BCUT2D eigenvalue weighted by molar-refractivity contribution is 8.00. The summed E-state index contributed by atoms with van der Waals surface area (Å²) >= 11 is 2.96. The van der Waals surface area contributed by atoms with Crippen LogP contribution in [0.3, 0.4) is 0 Å². The van der Waals surface area contributed by atoms with Gasteiger partial charge in [-0.25, -0.2) is 4.98 Å². The highest BCUT2D eigenvalue weighted by Crippen LogP contribution is 2.29. The molecule has 0 unspecified atom stereocenters. The molecule has 146 valence electrons. The molecule has 5 nitrogen and oxygen atoms in total. The van der Waals surface area contributed by atoms with E-state index in [4.69, 9.17) is 4.74 Å². The van der Waals surface area contributed by atoms with E-state index in [2.05, 4.69) is 28.2 Å². The van der Waals surface area contributed by atoms with Gasteiger partial charge in [0.25, 0.3) is 5.56 Å². The lowest BCUT2D eigenvalue weighted by molar-refractivity contribution is -0.145. The number of fused-ring (bicyclic) bond motifs is 2. The molecule has 1 aromatic carbocycles. The summed E-state index contributed by atoms with van der Waals surface area (Å²) in [5.74, 6) is 0.293. The molecule has 1 N–H and O–H groups in total. The maximum atomic E-state index is 12.4. The van der Waals surface area contributed by atoms with Crippen LogP contribution in [0.2, 0.25) is 0 Å². The first-order valence-corrected chi connectivity index (χ1v) is 11.2. The lowest BCUT2D eigenvalue weighted by Crippen LogP contribution is -2.18. The van der Waals surface area contributed by atoms with E-state index in [0.717, 1.165) is 28.2 Å². The minimum absolute atomic E-state index is 0.183. The normalized spacial score (nSPS) is 14.2. The van der Waals surface area contributed by atoms with Crippen LogP contribution in [0.25, 0.3) is 10.2 Å². The molecule has 4 rings (SSSR count). The molecule has 0 saturated heterocycles. The number of aromatic nitrogens is 2. The molecule has 28 heavy (non-hydrogen) atoms. The van der Waals surface area contributed by atoms with E-state index in [9.17, 15) is 9.59 Å². The zero-order valence-electron chi connectivity index (χ0n) is 16.1. The summed E-state index contributed by atoms with van der Waals surface area (Å²) in [6, 6.07) is 6.41. The van der Waals surface area contributed by atoms with Crippen LogP contribution in [-0.2, 0) is 22.4 Å². The number of hydrogen-bond donors (Lipinski definition) is 1. The molecule has 1 aliphatic carbocycles. The van der Waals surface area contributed by atoms with E-state index < -0.39 is 6.10 Å². The topological polar surface area (TPSA) is 72.0 Å². The molecule has 2 heterocycles. The standard InChI is InChI=1S/C21H22N2O3S2/c1-11-13(3)28-21-18(11)20(25)22-19(23-21)12(2)26-17(24)10-27-16-8-7-14-5-4-6-15(14)9-16/h7-9,12H,4-6,10H2,1-3H3,(H,22,23,25)/t12-/m0/s1. The van der Waals surface area contributed by atoms with Crippen LogP contribution in [-0.4, -0.2) is 21.7 Å². The Morgan fingerprint density at radius 1 is 1.32 bits per heavy atom. The van der Waals surface area contributed by atoms with Crippen molar-refractivity contribution < 1.29 is 9.53 Å². The van der Waals surface area contributed by atoms with Crippen molar-refractivity contribution in [2.45, 2.75) is 51.0 Å². The van der Waals surface area contributed by atoms with Gasteiger partial charge < -0.3 is 9.72 Å². The smallest absolute Gasteiger partial charge is 0.316 e. The van der Waals surface area contributed by atoms with Gasteiger partial charge in [-0.3, -0.25) is 9.59 Å². The number of benzene rings is 1. The lowest BCUT2D eigenvalue weighted by atomic mass is 10.1. The van der Waals surface area contributed by atoms with Crippen molar-refractivity contribution in [3.63, 3.8) is 0 Å². The maximum absolute atomic E-state index is 12.4. The fourth-order valence-corrected chi connectivity index (χ4v) is 5.31. The Labute approximate surface area is 171 Å². The molecule has 0 bridgehead atoms. The van der Waals surface area contributed by atoms with Crippen molar-refractivity contribution in [2.75, 3.05) is 5.75 Å². The summed E-state index contributed by atoms with van der Waals surface area (Å²) < 4.78 is 5.50. The van der Waals surface area contributed by atoms with Crippen molar-refractivity contribution in [1.82, 2.24) is 9.97 Å². The second-order valence-electron chi connectivity index (χ2n) is 7.12. The van der Waals surface area contributed by atoms with Gasteiger partial charge in [-0.05, 0) is 68.9 Å². The minimum Gasteiger partial charge on any atom is -0.454 e. The van der Waals surface area contributed by atoms with Crippen molar-refractivity contribution in [3.8, 4) is 0 Å². The van der Waals surface area contributed by atoms with Crippen molar-refractivity contribution in [2.24, 2.45) is 0 Å². The number of carbonyl (C=O) groups excluding carboxylic acids is 1. The van der Waals surface area contributed by atoms with Gasteiger partial charge in [0.1, 0.15) is 4.83 Å². The van der Waals surface area contributed by atoms with Crippen LogP contribution in [0.15, 0.2) is 27.9 Å². The van der Waals surface area contributed by atoms with E-state index in [1.165, 1.54) is 40.6 Å². The van der Waals surface area contributed by atoms with Crippen LogP contribution in [0.5, 0.6) is 0 Å². The SMILES string of the molecule is Cc1sc2nc([C@H](C)OC(=O)CSc3ccc4c(c3)CCC4)[nH]c(=O)c2c1C. The largest absolute Gasteiger partial charge is 0.454 e. The van der Waals surface area contributed by atoms with Crippen molar-refractivity contribution in [3.05, 3.63) is 55.9 Å².